The second-order valence-electron chi connectivity index (χ2n) is 7.47. The molecule has 9 nitrogen and oxygen atoms in total. The van der Waals surface area contributed by atoms with E-state index in [1.807, 2.05) is 6.07 Å². The van der Waals surface area contributed by atoms with Gasteiger partial charge in [-0.05, 0) is 43.0 Å². The van der Waals surface area contributed by atoms with E-state index in [2.05, 4.69) is 30.4 Å². The summed E-state index contributed by atoms with van der Waals surface area (Å²) >= 11 is 0. The number of nitrogens with zero attached hydrogens (tertiary/aromatic N) is 5. The van der Waals surface area contributed by atoms with Crippen molar-refractivity contribution in [2.24, 2.45) is 4.99 Å². The highest BCUT2D eigenvalue weighted by Crippen LogP contribution is 2.23. The van der Waals surface area contributed by atoms with Gasteiger partial charge in [-0.2, -0.15) is 19.6 Å². The number of hydrogen-bond acceptors (Lipinski definition) is 7. The number of nitrogens with one attached hydrogen (secondary N) is 2. The van der Waals surface area contributed by atoms with E-state index in [4.69, 9.17) is 0 Å². The van der Waals surface area contributed by atoms with Gasteiger partial charge in [-0.15, -0.1) is 0 Å². The third-order valence-electron chi connectivity index (χ3n) is 4.95. The molecule has 1 aromatic carbocycles. The summed E-state index contributed by atoms with van der Waals surface area (Å²) in [5.74, 6) is -0.110. The molecule has 1 aliphatic carbocycles. The summed E-state index contributed by atoms with van der Waals surface area (Å²) in [6.07, 6.45) is 5.95. The summed E-state index contributed by atoms with van der Waals surface area (Å²) in [4.78, 5) is 16.1. The van der Waals surface area contributed by atoms with E-state index >= 15 is 0 Å². The van der Waals surface area contributed by atoms with Crippen LogP contribution in [0.2, 0.25) is 0 Å². The number of aromatic hydroxyl groups is 2. The van der Waals surface area contributed by atoms with Crippen LogP contribution in [0, 0.1) is 5.82 Å². The lowest BCUT2D eigenvalue weighted by atomic mass is 10.1. The molecule has 3 heterocycles. The minimum atomic E-state index is -0.274. The Balaban J connectivity index is 1.55. The van der Waals surface area contributed by atoms with E-state index in [1.165, 1.54) is 22.7 Å². The van der Waals surface area contributed by atoms with Crippen molar-refractivity contribution in [2.45, 2.75) is 25.3 Å². The van der Waals surface area contributed by atoms with Gasteiger partial charge in [0, 0.05) is 29.4 Å². The van der Waals surface area contributed by atoms with Gasteiger partial charge in [0.1, 0.15) is 5.82 Å². The molecule has 0 spiro atoms. The molecular formula is C21H20FN7O2. The van der Waals surface area contributed by atoms with Crippen LogP contribution in [0.4, 0.5) is 10.3 Å². The number of halogens is 1. The van der Waals surface area contributed by atoms with Gasteiger partial charge < -0.3 is 15.5 Å². The number of fused-ring (bicyclic) bond motifs is 1. The molecule has 0 atom stereocenters. The highest BCUT2D eigenvalue weighted by molar-refractivity contribution is 5.61. The summed E-state index contributed by atoms with van der Waals surface area (Å²) in [6.45, 7) is 0.407. The number of H-pyrrole nitrogens is 1. The lowest BCUT2D eigenvalue weighted by Gasteiger charge is -2.03. The Bertz CT molecular complexity index is 1370. The summed E-state index contributed by atoms with van der Waals surface area (Å²) in [5.41, 5.74) is 2.16. The smallest absolute Gasteiger partial charge is 0.251 e. The Morgan fingerprint density at radius 3 is 2.87 bits per heavy atom. The molecule has 1 aliphatic rings. The maximum Gasteiger partial charge on any atom is 0.251 e. The Kier molecular flexibility index (Phi) is 4.73. The molecule has 1 fully saturated rings. The second-order valence-corrected chi connectivity index (χ2v) is 7.47. The van der Waals surface area contributed by atoms with Crippen molar-refractivity contribution in [1.29, 1.82) is 0 Å². The summed E-state index contributed by atoms with van der Waals surface area (Å²) < 4.78 is 14.9. The Labute approximate surface area is 175 Å². The largest absolute Gasteiger partial charge is 0.494 e. The van der Waals surface area contributed by atoms with Crippen LogP contribution in [-0.2, 0) is 6.42 Å². The first-order valence-corrected chi connectivity index (χ1v) is 9.95. The zero-order valence-electron chi connectivity index (χ0n) is 16.5. The van der Waals surface area contributed by atoms with Crippen LogP contribution < -0.4 is 16.2 Å². The van der Waals surface area contributed by atoms with Crippen molar-refractivity contribution >= 4 is 17.7 Å². The third-order valence-corrected chi connectivity index (χ3v) is 4.95. The number of hydrogen-bond donors (Lipinski definition) is 4. The molecule has 0 radical (unpaired) electrons. The molecule has 158 valence electrons. The van der Waals surface area contributed by atoms with Gasteiger partial charge >= 0.3 is 0 Å². The van der Waals surface area contributed by atoms with Crippen molar-refractivity contribution in [3.63, 3.8) is 0 Å². The number of aromatic amines is 1. The van der Waals surface area contributed by atoms with Gasteiger partial charge in [0.2, 0.25) is 5.95 Å². The van der Waals surface area contributed by atoms with E-state index in [0.717, 1.165) is 18.4 Å². The van der Waals surface area contributed by atoms with Gasteiger partial charge in [0.25, 0.3) is 5.62 Å². The van der Waals surface area contributed by atoms with E-state index in [1.54, 1.807) is 18.3 Å². The highest BCUT2D eigenvalue weighted by atomic mass is 19.1. The van der Waals surface area contributed by atoms with Gasteiger partial charge in [0.15, 0.2) is 17.4 Å². The molecule has 1 saturated carbocycles. The topological polar surface area (TPSA) is 124 Å². The molecule has 5 rings (SSSR count). The van der Waals surface area contributed by atoms with Crippen molar-refractivity contribution in [3.05, 3.63) is 64.3 Å². The molecule has 0 saturated heterocycles. The highest BCUT2D eigenvalue weighted by Gasteiger charge is 2.22. The molecule has 0 unspecified atom stereocenters. The molecule has 0 aliphatic heterocycles. The molecule has 3 aromatic heterocycles. The van der Waals surface area contributed by atoms with E-state index in [9.17, 15) is 14.6 Å². The van der Waals surface area contributed by atoms with Crippen LogP contribution in [0.15, 0.2) is 41.5 Å². The predicted molar refractivity (Wildman–Crippen MR) is 111 cm³/mol. The minimum absolute atomic E-state index is 0.140. The number of rotatable bonds is 6. The van der Waals surface area contributed by atoms with E-state index < -0.39 is 0 Å². The average Bonchev–Trinajstić information content (AvgIpc) is 3.36. The summed E-state index contributed by atoms with van der Waals surface area (Å²) in [5, 5.41) is 27.7. The van der Waals surface area contributed by atoms with Crippen LogP contribution in [0.5, 0.6) is 11.8 Å². The Hall–Kier alpha value is -3.95. The fourth-order valence-corrected chi connectivity index (χ4v) is 3.26. The number of benzene rings is 1. The number of aromatic nitrogens is 5. The zero-order chi connectivity index (χ0) is 21.4. The SMILES string of the molecule is Oc1cc(C=c2cnn3c(=NCCc4cccc(F)c4)nc(NC4CC4)nc23)c(O)[nH]1. The normalized spacial score (nSPS) is 15.1. The molecular weight excluding hydrogens is 401 g/mol. The van der Waals surface area contributed by atoms with Gasteiger partial charge in [0.05, 0.1) is 6.20 Å². The molecule has 31 heavy (non-hydrogen) atoms. The monoisotopic (exact) mass is 421 g/mol. The van der Waals surface area contributed by atoms with Crippen molar-refractivity contribution in [2.75, 3.05) is 11.9 Å². The fourth-order valence-electron chi connectivity index (χ4n) is 3.26. The molecule has 0 bridgehead atoms. The van der Waals surface area contributed by atoms with Gasteiger partial charge in [-0.1, -0.05) is 12.1 Å². The summed E-state index contributed by atoms with van der Waals surface area (Å²) in [7, 11) is 0. The average molecular weight is 421 g/mol. The fraction of sp³-hybridized carbons (Fsp3) is 0.238. The van der Waals surface area contributed by atoms with E-state index in [-0.39, 0.29) is 17.6 Å². The maximum absolute atomic E-state index is 13.4. The zero-order valence-corrected chi connectivity index (χ0v) is 16.5. The maximum atomic E-state index is 13.4. The standard InChI is InChI=1S/C21H20FN7O2/c22-15-3-1-2-12(8-15)6-7-23-21-28-20(25-16-4-5-16)27-18-14(11-24-29(18)21)9-13-10-17(30)26-19(13)31/h1-3,8-11,16,26,30-31H,4-7H2,(H,23,25,28). The van der Waals surface area contributed by atoms with Crippen LogP contribution in [0.3, 0.4) is 0 Å². The van der Waals surface area contributed by atoms with Crippen LogP contribution in [0.1, 0.15) is 24.0 Å². The first-order valence-electron chi connectivity index (χ1n) is 9.95. The minimum Gasteiger partial charge on any atom is -0.494 e. The molecule has 4 aromatic rings. The number of anilines is 1. The van der Waals surface area contributed by atoms with Gasteiger partial charge in [-0.25, -0.2) is 9.38 Å². The third kappa shape index (κ3) is 4.18. The Morgan fingerprint density at radius 2 is 2.13 bits per heavy atom. The first kappa shape index (κ1) is 19.0. The first-order chi connectivity index (χ1) is 15.0. The lowest BCUT2D eigenvalue weighted by molar-refractivity contribution is 0.425. The quantitative estimate of drug-likeness (QED) is 0.372. The van der Waals surface area contributed by atoms with Crippen molar-refractivity contribution in [3.8, 4) is 11.8 Å². The predicted octanol–water partition coefficient (Wildman–Crippen LogP) is 1.27. The van der Waals surface area contributed by atoms with Crippen molar-refractivity contribution < 1.29 is 14.6 Å². The van der Waals surface area contributed by atoms with Gasteiger partial charge in [-0.3, -0.25) is 4.98 Å². The Morgan fingerprint density at radius 1 is 1.26 bits per heavy atom. The molecule has 4 N–H and O–H groups in total. The summed E-state index contributed by atoms with van der Waals surface area (Å²) in [6, 6.07) is 8.19. The molecule has 10 heteroatoms. The second kappa shape index (κ2) is 7.71. The van der Waals surface area contributed by atoms with Crippen LogP contribution in [0.25, 0.3) is 11.7 Å². The van der Waals surface area contributed by atoms with Crippen LogP contribution in [-0.4, -0.2) is 47.4 Å². The van der Waals surface area contributed by atoms with Crippen molar-refractivity contribution in [1.82, 2.24) is 24.6 Å². The van der Waals surface area contributed by atoms with Crippen LogP contribution >= 0.6 is 0 Å². The van der Waals surface area contributed by atoms with E-state index in [0.29, 0.717) is 47.0 Å². The molecule has 0 amide bonds. The lowest BCUT2D eigenvalue weighted by Crippen LogP contribution is -2.25.